The average molecular weight is 538 g/mol. The first-order valence-corrected chi connectivity index (χ1v) is 14.3. The number of imidazole rings is 1. The highest BCUT2D eigenvalue weighted by Gasteiger charge is 2.38. The molecule has 0 atom stereocenters. The number of nitrogens with one attached hydrogen (secondary N) is 2. The lowest BCUT2D eigenvalue weighted by molar-refractivity contribution is -0.559. The molecule has 7 aromatic rings. The predicted octanol–water partition coefficient (Wildman–Crippen LogP) is 5.60. The molecule has 0 aliphatic carbocycles. The number of nitrogens with zero attached hydrogens (tertiary/aromatic N) is 3. The van der Waals surface area contributed by atoms with Crippen LogP contribution in [0.1, 0.15) is 0 Å². The Balaban J connectivity index is 1.36. The number of para-hydroxylation sites is 4. The second kappa shape index (κ2) is 8.95. The first kappa shape index (κ1) is 23.1. The molecular formula is C36H25BN5+. The predicted molar refractivity (Wildman–Crippen MR) is 172 cm³/mol. The molecule has 9 rings (SSSR count). The molecule has 6 heteroatoms. The lowest BCUT2D eigenvalue weighted by atomic mass is 9.33. The minimum absolute atomic E-state index is 0.114. The summed E-state index contributed by atoms with van der Waals surface area (Å²) in [5, 5.41) is 7.42. The van der Waals surface area contributed by atoms with E-state index in [1.807, 2.05) is 12.3 Å². The number of hydrogen-bond acceptors (Lipinski definition) is 3. The lowest BCUT2D eigenvalue weighted by Crippen LogP contribution is -2.59. The monoisotopic (exact) mass is 538 g/mol. The van der Waals surface area contributed by atoms with E-state index in [1.54, 1.807) is 0 Å². The molecule has 0 saturated carbocycles. The summed E-state index contributed by atoms with van der Waals surface area (Å²) in [7, 11) is 0. The lowest BCUT2D eigenvalue weighted by Gasteiger charge is -2.34. The number of rotatable bonds is 3. The molecule has 5 nitrogen and oxygen atoms in total. The third kappa shape index (κ3) is 3.32. The summed E-state index contributed by atoms with van der Waals surface area (Å²) in [6.07, 6.45) is 1.86. The molecule has 0 bridgehead atoms. The first-order chi connectivity index (χ1) is 20.8. The standard InChI is InChI=1S/C36H24BN5/c1-2-11-25(12-3-1)41-32-17-6-7-18-33(32)42(34-19-8-9-22-38-34)36(41)24-20-21-29-27(23-24)37-26-13-4-5-14-28(26)39-30-15-10-16-31(40-29)35(30)37/h1-23,39H/p+1. The van der Waals surface area contributed by atoms with Gasteiger partial charge in [-0.2, -0.15) is 4.57 Å². The van der Waals surface area contributed by atoms with Gasteiger partial charge in [-0.15, -0.1) is 4.98 Å². The smallest absolute Gasteiger partial charge is 0.267 e. The Hall–Kier alpha value is -5.62. The van der Waals surface area contributed by atoms with Gasteiger partial charge in [-0.25, -0.2) is 4.57 Å². The van der Waals surface area contributed by atoms with Crippen LogP contribution >= 0.6 is 0 Å². The highest BCUT2D eigenvalue weighted by Crippen LogP contribution is 2.33. The van der Waals surface area contributed by atoms with Gasteiger partial charge in [0.15, 0.2) is 0 Å². The van der Waals surface area contributed by atoms with E-state index < -0.39 is 0 Å². The van der Waals surface area contributed by atoms with Gasteiger partial charge in [0.05, 0.1) is 0 Å². The van der Waals surface area contributed by atoms with Gasteiger partial charge >= 0.3 is 0 Å². The van der Waals surface area contributed by atoms with E-state index in [9.17, 15) is 0 Å². The molecule has 196 valence electrons. The fraction of sp³-hybridized carbons (Fsp3) is 0. The number of pyridine rings is 1. The summed E-state index contributed by atoms with van der Waals surface area (Å²) in [5.74, 6) is 1.94. The van der Waals surface area contributed by atoms with Crippen molar-refractivity contribution in [1.29, 1.82) is 0 Å². The number of fused-ring (bicyclic) bond motifs is 5. The van der Waals surface area contributed by atoms with Gasteiger partial charge in [-0.1, -0.05) is 66.7 Å². The van der Waals surface area contributed by atoms with Gasteiger partial charge in [0, 0.05) is 34.4 Å². The van der Waals surface area contributed by atoms with Crippen molar-refractivity contribution in [3.05, 3.63) is 140 Å². The third-order valence-electron chi connectivity index (χ3n) is 8.51. The second-order valence-electron chi connectivity index (χ2n) is 10.8. The topological polar surface area (TPSA) is 45.8 Å². The Morgan fingerprint density at radius 3 is 2.14 bits per heavy atom. The number of aromatic nitrogens is 3. The third-order valence-corrected chi connectivity index (χ3v) is 8.51. The van der Waals surface area contributed by atoms with Crippen LogP contribution in [0.15, 0.2) is 140 Å². The van der Waals surface area contributed by atoms with Gasteiger partial charge in [0.1, 0.15) is 22.9 Å². The molecule has 2 aliphatic heterocycles. The Morgan fingerprint density at radius 1 is 0.595 bits per heavy atom. The summed E-state index contributed by atoms with van der Waals surface area (Å²) in [6, 6.07) is 47.3. The van der Waals surface area contributed by atoms with Gasteiger partial charge in [0.25, 0.3) is 12.5 Å². The summed E-state index contributed by atoms with van der Waals surface area (Å²) >= 11 is 0. The number of benzene rings is 5. The zero-order chi connectivity index (χ0) is 27.6. The van der Waals surface area contributed by atoms with E-state index >= 15 is 0 Å². The highest BCUT2D eigenvalue weighted by atomic mass is 15.2. The Morgan fingerprint density at radius 2 is 1.31 bits per heavy atom. The van der Waals surface area contributed by atoms with Crippen LogP contribution in [0.5, 0.6) is 0 Å². The first-order valence-electron chi connectivity index (χ1n) is 14.3. The zero-order valence-corrected chi connectivity index (χ0v) is 22.7. The van der Waals surface area contributed by atoms with Crippen LogP contribution in [-0.4, -0.2) is 16.3 Å². The van der Waals surface area contributed by atoms with E-state index in [2.05, 4.69) is 147 Å². The number of hydrogen-bond donors (Lipinski definition) is 2. The molecule has 0 fully saturated rings. The van der Waals surface area contributed by atoms with Crippen molar-refractivity contribution in [2.45, 2.75) is 0 Å². The zero-order valence-electron chi connectivity index (χ0n) is 22.7. The van der Waals surface area contributed by atoms with Crippen LogP contribution in [0.4, 0.5) is 22.7 Å². The molecule has 4 heterocycles. The van der Waals surface area contributed by atoms with Crippen LogP contribution in [0.3, 0.4) is 0 Å². The normalized spacial score (nSPS) is 12.6. The molecule has 2 aromatic heterocycles. The summed E-state index contributed by atoms with van der Waals surface area (Å²) < 4.78 is 4.65. The van der Waals surface area contributed by atoms with Crippen LogP contribution in [0, 0.1) is 0 Å². The van der Waals surface area contributed by atoms with E-state index in [0.717, 1.165) is 56.7 Å². The van der Waals surface area contributed by atoms with E-state index in [0.29, 0.717) is 0 Å². The summed E-state index contributed by atoms with van der Waals surface area (Å²) in [6.45, 7) is 0.114. The molecule has 5 aromatic carbocycles. The van der Waals surface area contributed by atoms with E-state index in [-0.39, 0.29) is 6.71 Å². The fourth-order valence-electron chi connectivity index (χ4n) is 6.77. The van der Waals surface area contributed by atoms with E-state index in [4.69, 9.17) is 4.98 Å². The van der Waals surface area contributed by atoms with Crippen molar-refractivity contribution in [2.24, 2.45) is 0 Å². The quantitative estimate of drug-likeness (QED) is 0.228. The molecule has 0 unspecified atom stereocenters. The molecule has 2 aliphatic rings. The minimum Gasteiger partial charge on any atom is -0.356 e. The van der Waals surface area contributed by atoms with Crippen LogP contribution in [-0.2, 0) is 0 Å². The van der Waals surface area contributed by atoms with Crippen molar-refractivity contribution >= 4 is 56.9 Å². The molecule has 0 amide bonds. The molecule has 0 radical (unpaired) electrons. The maximum absolute atomic E-state index is 4.82. The van der Waals surface area contributed by atoms with Crippen LogP contribution in [0.2, 0.25) is 0 Å². The Bertz CT molecular complexity index is 2060. The van der Waals surface area contributed by atoms with Crippen molar-refractivity contribution in [3.8, 4) is 22.9 Å². The summed E-state index contributed by atoms with van der Waals surface area (Å²) in [5.41, 5.74) is 12.9. The van der Waals surface area contributed by atoms with Crippen molar-refractivity contribution in [2.75, 3.05) is 10.6 Å². The molecular weight excluding hydrogens is 513 g/mol. The molecule has 0 spiro atoms. The largest absolute Gasteiger partial charge is 0.356 e. The Labute approximate surface area is 243 Å². The average Bonchev–Trinajstić information content (AvgIpc) is 3.40. The Kier molecular flexibility index (Phi) is 4.93. The second-order valence-corrected chi connectivity index (χ2v) is 10.8. The van der Waals surface area contributed by atoms with Gasteiger partial charge in [0.2, 0.25) is 5.82 Å². The van der Waals surface area contributed by atoms with Crippen LogP contribution < -0.4 is 31.6 Å². The van der Waals surface area contributed by atoms with Gasteiger partial charge < -0.3 is 10.6 Å². The van der Waals surface area contributed by atoms with Crippen LogP contribution in [0.25, 0.3) is 33.9 Å². The maximum atomic E-state index is 4.82. The van der Waals surface area contributed by atoms with Crippen molar-refractivity contribution < 1.29 is 4.57 Å². The molecule has 0 saturated heterocycles. The summed E-state index contributed by atoms with van der Waals surface area (Å²) in [4.78, 5) is 4.82. The van der Waals surface area contributed by atoms with E-state index in [1.165, 1.54) is 16.4 Å². The molecule has 2 N–H and O–H groups in total. The van der Waals surface area contributed by atoms with Crippen molar-refractivity contribution in [1.82, 2.24) is 9.55 Å². The minimum atomic E-state index is 0.114. The van der Waals surface area contributed by atoms with Gasteiger partial charge in [-0.05, 0) is 77.1 Å². The van der Waals surface area contributed by atoms with Crippen molar-refractivity contribution in [3.63, 3.8) is 0 Å². The number of anilines is 4. The highest BCUT2D eigenvalue weighted by molar-refractivity contribution is 7.00. The fourth-order valence-corrected chi connectivity index (χ4v) is 6.77. The van der Waals surface area contributed by atoms with Gasteiger partial charge in [-0.3, -0.25) is 0 Å². The molecule has 42 heavy (non-hydrogen) atoms. The SMILES string of the molecule is c1ccc(-n2c(-c3ccc4c(c3)B3c5ccccc5Nc5cccc(c53)N4)[n+](-c3ccccn3)c3ccccc32)cc1. The maximum Gasteiger partial charge on any atom is 0.267 e.